The fourth-order valence-corrected chi connectivity index (χ4v) is 2.64. The zero-order chi connectivity index (χ0) is 12.3. The van der Waals surface area contributed by atoms with Crippen LogP contribution < -0.4 is 0 Å². The molecule has 1 heterocycles. The minimum absolute atomic E-state index is 0.151. The molecular formula is C13H21NO3. The van der Waals surface area contributed by atoms with E-state index < -0.39 is 0 Å². The van der Waals surface area contributed by atoms with Gasteiger partial charge in [0.2, 0.25) is 5.91 Å². The van der Waals surface area contributed by atoms with E-state index >= 15 is 0 Å². The summed E-state index contributed by atoms with van der Waals surface area (Å²) >= 11 is 0. The Balaban J connectivity index is 1.69. The topological polar surface area (TPSA) is 46.6 Å². The number of carbonyl (C=O) groups is 2. The Hall–Kier alpha value is -0.900. The van der Waals surface area contributed by atoms with Gasteiger partial charge in [0, 0.05) is 26.0 Å². The molecule has 0 radical (unpaired) electrons. The number of ketones is 1. The molecule has 0 atom stereocenters. The number of piperidine rings is 1. The average Bonchev–Trinajstić information content (AvgIpc) is 2.26. The van der Waals surface area contributed by atoms with Crippen molar-refractivity contribution in [1.82, 2.24) is 4.90 Å². The highest BCUT2D eigenvalue weighted by Crippen LogP contribution is 2.33. The maximum absolute atomic E-state index is 11.9. The molecule has 1 aliphatic carbocycles. The van der Waals surface area contributed by atoms with E-state index in [1.165, 1.54) is 0 Å². The molecule has 4 nitrogen and oxygen atoms in total. The van der Waals surface area contributed by atoms with Gasteiger partial charge in [-0.05, 0) is 32.1 Å². The average molecular weight is 239 g/mol. The van der Waals surface area contributed by atoms with Crippen molar-refractivity contribution >= 4 is 11.7 Å². The molecule has 2 rings (SSSR count). The summed E-state index contributed by atoms with van der Waals surface area (Å²) in [6.45, 7) is 3.84. The molecule has 0 N–H and O–H groups in total. The summed E-state index contributed by atoms with van der Waals surface area (Å²) in [4.78, 5) is 24.9. The van der Waals surface area contributed by atoms with Crippen LogP contribution in [-0.4, -0.2) is 42.4 Å². The highest BCUT2D eigenvalue weighted by molar-refractivity contribution is 5.87. The lowest BCUT2D eigenvalue weighted by Gasteiger charge is -2.36. The second-order valence-electron chi connectivity index (χ2n) is 5.08. The van der Waals surface area contributed by atoms with Crippen molar-refractivity contribution in [2.45, 2.75) is 45.1 Å². The Kier molecular flexibility index (Phi) is 4.15. The van der Waals surface area contributed by atoms with Gasteiger partial charge >= 0.3 is 0 Å². The maximum Gasteiger partial charge on any atom is 0.223 e. The van der Waals surface area contributed by atoms with Crippen LogP contribution >= 0.6 is 0 Å². The third-order valence-electron chi connectivity index (χ3n) is 3.66. The quantitative estimate of drug-likeness (QED) is 0.744. The standard InChI is InChI=1S/C13H21NO3/c1-2-17-12-6-10(7-12)8-13(16)14-5-3-4-11(15)9-14/h10,12H,2-9H2,1H3. The molecule has 96 valence electrons. The smallest absolute Gasteiger partial charge is 0.223 e. The summed E-state index contributed by atoms with van der Waals surface area (Å²) in [5.41, 5.74) is 0. The van der Waals surface area contributed by atoms with Crippen molar-refractivity contribution < 1.29 is 14.3 Å². The summed E-state index contributed by atoms with van der Waals surface area (Å²) < 4.78 is 5.47. The Bertz CT molecular complexity index is 297. The molecule has 0 aromatic carbocycles. The predicted octanol–water partition coefficient (Wildman–Crippen LogP) is 1.38. The van der Waals surface area contributed by atoms with Gasteiger partial charge in [-0.25, -0.2) is 0 Å². The largest absolute Gasteiger partial charge is 0.378 e. The van der Waals surface area contributed by atoms with E-state index in [1.54, 1.807) is 4.90 Å². The minimum Gasteiger partial charge on any atom is -0.378 e. The highest BCUT2D eigenvalue weighted by atomic mass is 16.5. The van der Waals surface area contributed by atoms with Crippen LogP contribution in [0.4, 0.5) is 0 Å². The Labute approximate surface area is 102 Å². The van der Waals surface area contributed by atoms with Crippen LogP contribution in [0.1, 0.15) is 39.0 Å². The lowest BCUT2D eigenvalue weighted by molar-refractivity contribution is -0.140. The highest BCUT2D eigenvalue weighted by Gasteiger charge is 2.33. The van der Waals surface area contributed by atoms with E-state index in [9.17, 15) is 9.59 Å². The van der Waals surface area contributed by atoms with Crippen molar-refractivity contribution in [1.29, 1.82) is 0 Å². The number of hydrogen-bond donors (Lipinski definition) is 0. The molecule has 1 aliphatic heterocycles. The third kappa shape index (κ3) is 3.28. The molecule has 2 fully saturated rings. The lowest BCUT2D eigenvalue weighted by atomic mass is 9.79. The molecular weight excluding hydrogens is 218 g/mol. The van der Waals surface area contributed by atoms with Gasteiger partial charge in [0.1, 0.15) is 0 Å². The van der Waals surface area contributed by atoms with Crippen LogP contribution in [-0.2, 0) is 14.3 Å². The molecule has 0 aromatic heterocycles. The van der Waals surface area contributed by atoms with Gasteiger partial charge in [-0.1, -0.05) is 0 Å². The number of likely N-dealkylation sites (tertiary alicyclic amines) is 1. The monoisotopic (exact) mass is 239 g/mol. The number of rotatable bonds is 4. The predicted molar refractivity (Wildman–Crippen MR) is 63.6 cm³/mol. The van der Waals surface area contributed by atoms with Crippen molar-refractivity contribution in [3.63, 3.8) is 0 Å². The SMILES string of the molecule is CCOC1CC(CC(=O)N2CCCC(=O)C2)C1. The first kappa shape index (κ1) is 12.6. The van der Waals surface area contributed by atoms with E-state index in [-0.39, 0.29) is 11.7 Å². The van der Waals surface area contributed by atoms with Crippen LogP contribution in [0.15, 0.2) is 0 Å². The summed E-state index contributed by atoms with van der Waals surface area (Å²) in [6.07, 6.45) is 4.43. The van der Waals surface area contributed by atoms with Gasteiger partial charge in [-0.15, -0.1) is 0 Å². The van der Waals surface area contributed by atoms with Gasteiger partial charge in [-0.3, -0.25) is 9.59 Å². The minimum atomic E-state index is 0.151. The van der Waals surface area contributed by atoms with Crippen LogP contribution in [0.25, 0.3) is 0 Å². The number of amides is 1. The van der Waals surface area contributed by atoms with E-state index in [2.05, 4.69) is 0 Å². The molecule has 2 aliphatic rings. The van der Waals surface area contributed by atoms with Crippen LogP contribution in [0.5, 0.6) is 0 Å². The van der Waals surface area contributed by atoms with Gasteiger partial charge in [0.25, 0.3) is 0 Å². The Morgan fingerprint density at radius 3 is 2.88 bits per heavy atom. The van der Waals surface area contributed by atoms with Crippen molar-refractivity contribution in [2.75, 3.05) is 19.7 Å². The molecule has 1 saturated carbocycles. The first-order valence-corrected chi connectivity index (χ1v) is 6.60. The second-order valence-corrected chi connectivity index (χ2v) is 5.08. The fraction of sp³-hybridized carbons (Fsp3) is 0.846. The molecule has 1 amide bonds. The zero-order valence-electron chi connectivity index (χ0n) is 10.5. The van der Waals surface area contributed by atoms with Gasteiger partial charge in [0.15, 0.2) is 5.78 Å². The lowest BCUT2D eigenvalue weighted by Crippen LogP contribution is -2.42. The first-order chi connectivity index (χ1) is 8.19. The molecule has 0 aromatic rings. The molecule has 1 saturated heterocycles. The van der Waals surface area contributed by atoms with Crippen molar-refractivity contribution in [2.24, 2.45) is 5.92 Å². The van der Waals surface area contributed by atoms with Gasteiger partial charge in [0.05, 0.1) is 12.6 Å². The van der Waals surface area contributed by atoms with E-state index in [4.69, 9.17) is 4.74 Å². The maximum atomic E-state index is 11.9. The van der Waals surface area contributed by atoms with E-state index in [0.717, 1.165) is 32.4 Å². The number of hydrogen-bond acceptors (Lipinski definition) is 3. The molecule has 0 spiro atoms. The zero-order valence-corrected chi connectivity index (χ0v) is 10.5. The Morgan fingerprint density at radius 2 is 2.24 bits per heavy atom. The van der Waals surface area contributed by atoms with E-state index in [1.807, 2.05) is 6.92 Å². The van der Waals surface area contributed by atoms with Crippen LogP contribution in [0.3, 0.4) is 0 Å². The Morgan fingerprint density at radius 1 is 1.47 bits per heavy atom. The number of nitrogens with zero attached hydrogens (tertiary/aromatic N) is 1. The number of carbonyl (C=O) groups excluding carboxylic acids is 2. The summed E-state index contributed by atoms with van der Waals surface area (Å²) in [6, 6.07) is 0. The van der Waals surface area contributed by atoms with Crippen molar-refractivity contribution in [3.8, 4) is 0 Å². The normalized spacial score (nSPS) is 29.0. The van der Waals surface area contributed by atoms with Crippen molar-refractivity contribution in [3.05, 3.63) is 0 Å². The summed E-state index contributed by atoms with van der Waals surface area (Å²) in [5, 5.41) is 0. The molecule has 4 heteroatoms. The van der Waals surface area contributed by atoms with Crippen LogP contribution in [0.2, 0.25) is 0 Å². The number of Topliss-reactive ketones (excluding diaryl/α,β-unsaturated/α-hetero) is 1. The summed E-state index contributed by atoms with van der Waals surface area (Å²) in [5.74, 6) is 0.819. The number of ether oxygens (including phenoxy) is 1. The molecule has 17 heavy (non-hydrogen) atoms. The fourth-order valence-electron chi connectivity index (χ4n) is 2.64. The second kappa shape index (κ2) is 5.63. The third-order valence-corrected chi connectivity index (χ3v) is 3.66. The van der Waals surface area contributed by atoms with Crippen LogP contribution in [0, 0.1) is 5.92 Å². The molecule has 0 bridgehead atoms. The summed E-state index contributed by atoms with van der Waals surface area (Å²) in [7, 11) is 0. The van der Waals surface area contributed by atoms with Gasteiger partial charge < -0.3 is 9.64 Å². The van der Waals surface area contributed by atoms with Gasteiger partial charge in [-0.2, -0.15) is 0 Å². The first-order valence-electron chi connectivity index (χ1n) is 6.60. The van der Waals surface area contributed by atoms with E-state index in [0.29, 0.717) is 31.4 Å². The molecule has 0 unspecified atom stereocenters.